The van der Waals surface area contributed by atoms with Gasteiger partial charge in [0.15, 0.2) is 0 Å². The predicted molar refractivity (Wildman–Crippen MR) is 94.9 cm³/mol. The third-order valence-corrected chi connectivity index (χ3v) is 5.22. The molecule has 10 heteroatoms. The van der Waals surface area contributed by atoms with E-state index in [1.54, 1.807) is 24.3 Å². The second-order valence-electron chi connectivity index (χ2n) is 5.93. The SMILES string of the molecule is O=C(O)CC(CS[C@H]1NC(=O)[C@H]1NC(=O)Cc1ccccc1)C(=O)C(=O)O. The predicted octanol–water partition coefficient (Wildman–Crippen LogP) is -0.352. The number of nitrogens with one attached hydrogen (secondary N) is 2. The summed E-state index contributed by atoms with van der Waals surface area (Å²) < 4.78 is 0. The molecule has 3 atom stereocenters. The van der Waals surface area contributed by atoms with Crippen molar-refractivity contribution in [2.75, 3.05) is 5.75 Å². The zero-order chi connectivity index (χ0) is 20.0. The molecule has 27 heavy (non-hydrogen) atoms. The summed E-state index contributed by atoms with van der Waals surface area (Å²) in [5, 5.41) is 22.2. The van der Waals surface area contributed by atoms with Gasteiger partial charge in [-0.05, 0) is 5.56 Å². The third-order valence-electron chi connectivity index (χ3n) is 3.87. The van der Waals surface area contributed by atoms with Crippen LogP contribution in [0.25, 0.3) is 0 Å². The zero-order valence-corrected chi connectivity index (χ0v) is 14.9. The molecule has 0 spiro atoms. The first-order valence-electron chi connectivity index (χ1n) is 8.02. The van der Waals surface area contributed by atoms with E-state index in [0.717, 1.165) is 17.3 Å². The molecule has 1 saturated heterocycles. The number of carboxylic acid groups (broad SMARTS) is 2. The van der Waals surface area contributed by atoms with Crippen LogP contribution in [-0.2, 0) is 30.4 Å². The summed E-state index contributed by atoms with van der Waals surface area (Å²) in [6, 6.07) is 8.14. The number of Topliss-reactive ketones (excluding diaryl/α,β-unsaturated/α-hetero) is 1. The Kier molecular flexibility index (Phi) is 6.94. The summed E-state index contributed by atoms with van der Waals surface area (Å²) in [6.07, 6.45) is -0.523. The van der Waals surface area contributed by atoms with Gasteiger partial charge in [-0.3, -0.25) is 19.2 Å². The van der Waals surface area contributed by atoms with Crippen LogP contribution in [0.5, 0.6) is 0 Å². The van der Waals surface area contributed by atoms with Crippen molar-refractivity contribution in [3.05, 3.63) is 35.9 Å². The number of benzene rings is 1. The number of ketones is 1. The highest BCUT2D eigenvalue weighted by Gasteiger charge is 2.41. The third kappa shape index (κ3) is 5.81. The van der Waals surface area contributed by atoms with E-state index < -0.39 is 47.4 Å². The molecule has 2 amide bonds. The Morgan fingerprint density at radius 3 is 2.37 bits per heavy atom. The number of carbonyl (C=O) groups is 5. The van der Waals surface area contributed by atoms with Gasteiger partial charge in [-0.1, -0.05) is 30.3 Å². The lowest BCUT2D eigenvalue weighted by Gasteiger charge is -2.37. The van der Waals surface area contributed by atoms with Crippen LogP contribution in [0.15, 0.2) is 30.3 Å². The van der Waals surface area contributed by atoms with Gasteiger partial charge >= 0.3 is 11.9 Å². The average Bonchev–Trinajstić information content (AvgIpc) is 2.61. The zero-order valence-electron chi connectivity index (χ0n) is 14.1. The lowest BCUT2D eigenvalue weighted by molar-refractivity contribution is -0.152. The molecule has 2 rings (SSSR count). The molecule has 0 saturated carbocycles. The van der Waals surface area contributed by atoms with Crippen molar-refractivity contribution < 1.29 is 34.2 Å². The maximum atomic E-state index is 12.1. The molecule has 0 radical (unpaired) electrons. The molecule has 144 valence electrons. The van der Waals surface area contributed by atoms with Crippen LogP contribution < -0.4 is 10.6 Å². The van der Waals surface area contributed by atoms with Gasteiger partial charge in [0.2, 0.25) is 17.6 Å². The van der Waals surface area contributed by atoms with E-state index in [2.05, 4.69) is 10.6 Å². The lowest BCUT2D eigenvalue weighted by atomic mass is 10.0. The summed E-state index contributed by atoms with van der Waals surface area (Å²) in [5.74, 6) is -6.26. The smallest absolute Gasteiger partial charge is 0.372 e. The molecule has 0 bridgehead atoms. The number of carbonyl (C=O) groups excluding carboxylic acids is 3. The molecule has 4 N–H and O–H groups in total. The molecule has 1 aromatic rings. The first-order valence-corrected chi connectivity index (χ1v) is 9.07. The van der Waals surface area contributed by atoms with E-state index in [-0.39, 0.29) is 18.1 Å². The number of amides is 2. The van der Waals surface area contributed by atoms with E-state index in [0.29, 0.717) is 0 Å². The van der Waals surface area contributed by atoms with E-state index in [1.807, 2.05) is 6.07 Å². The molecule has 0 aliphatic carbocycles. The number of rotatable bonds is 10. The Morgan fingerprint density at radius 2 is 1.81 bits per heavy atom. The van der Waals surface area contributed by atoms with Gasteiger partial charge in [-0.15, -0.1) is 11.8 Å². The van der Waals surface area contributed by atoms with Gasteiger partial charge in [0.05, 0.1) is 12.8 Å². The van der Waals surface area contributed by atoms with Crippen LogP contribution in [0.2, 0.25) is 0 Å². The van der Waals surface area contributed by atoms with Crippen molar-refractivity contribution in [1.29, 1.82) is 0 Å². The molecule has 1 aliphatic rings. The number of β-lactam (4-membered cyclic amide) rings is 1. The van der Waals surface area contributed by atoms with Crippen molar-refractivity contribution in [2.24, 2.45) is 5.92 Å². The van der Waals surface area contributed by atoms with Crippen LogP contribution in [0.1, 0.15) is 12.0 Å². The maximum Gasteiger partial charge on any atom is 0.372 e. The van der Waals surface area contributed by atoms with Crippen molar-refractivity contribution in [2.45, 2.75) is 24.3 Å². The molecule has 1 aliphatic heterocycles. The van der Waals surface area contributed by atoms with Crippen molar-refractivity contribution >= 4 is 41.3 Å². The summed E-state index contributed by atoms with van der Waals surface area (Å²) in [6.45, 7) is 0. The Labute approximate surface area is 158 Å². The van der Waals surface area contributed by atoms with E-state index in [1.165, 1.54) is 0 Å². The fourth-order valence-electron chi connectivity index (χ4n) is 2.47. The highest BCUT2D eigenvalue weighted by Crippen LogP contribution is 2.24. The van der Waals surface area contributed by atoms with Crippen LogP contribution in [-0.4, -0.2) is 56.9 Å². The Balaban J connectivity index is 1.89. The molecule has 9 nitrogen and oxygen atoms in total. The standard InChI is InChI=1S/C17H18N2O7S/c20-11(6-9-4-2-1-3-5-9)18-13-15(24)19-16(13)27-8-10(7-12(21)22)14(23)17(25)26/h1-5,10,13,16H,6-8H2,(H,18,20)(H,19,24)(H,21,22)(H,25,26)/t10?,13-,16-/m1/s1. The minimum atomic E-state index is -1.70. The topological polar surface area (TPSA) is 150 Å². The molecule has 1 aromatic carbocycles. The molecule has 1 unspecified atom stereocenters. The van der Waals surface area contributed by atoms with Crippen molar-refractivity contribution in [3.8, 4) is 0 Å². The number of aliphatic carboxylic acids is 2. The molecular weight excluding hydrogens is 376 g/mol. The summed E-state index contributed by atoms with van der Waals surface area (Å²) in [4.78, 5) is 57.0. The Hall–Kier alpha value is -2.88. The number of hydrogen-bond donors (Lipinski definition) is 4. The summed E-state index contributed by atoms with van der Waals surface area (Å²) in [7, 11) is 0. The second kappa shape index (κ2) is 9.17. The van der Waals surface area contributed by atoms with E-state index >= 15 is 0 Å². The van der Waals surface area contributed by atoms with Gasteiger partial charge in [0.25, 0.3) is 0 Å². The Bertz CT molecular complexity index is 753. The average molecular weight is 394 g/mol. The van der Waals surface area contributed by atoms with E-state index in [4.69, 9.17) is 10.2 Å². The second-order valence-corrected chi connectivity index (χ2v) is 7.11. The van der Waals surface area contributed by atoms with Crippen molar-refractivity contribution in [3.63, 3.8) is 0 Å². The van der Waals surface area contributed by atoms with Gasteiger partial charge in [0.1, 0.15) is 11.4 Å². The number of thioether (sulfide) groups is 1. The van der Waals surface area contributed by atoms with Crippen LogP contribution in [0, 0.1) is 5.92 Å². The monoisotopic (exact) mass is 394 g/mol. The lowest BCUT2D eigenvalue weighted by Crippen LogP contribution is -2.68. The minimum Gasteiger partial charge on any atom is -0.481 e. The molecular formula is C17H18N2O7S. The van der Waals surface area contributed by atoms with Gasteiger partial charge < -0.3 is 20.8 Å². The Morgan fingerprint density at radius 1 is 1.15 bits per heavy atom. The quantitative estimate of drug-likeness (QED) is 0.311. The molecule has 1 fully saturated rings. The van der Waals surface area contributed by atoms with Crippen LogP contribution in [0.3, 0.4) is 0 Å². The van der Waals surface area contributed by atoms with Crippen LogP contribution in [0.4, 0.5) is 0 Å². The summed E-state index contributed by atoms with van der Waals surface area (Å²) >= 11 is 1.03. The first-order chi connectivity index (χ1) is 12.8. The van der Waals surface area contributed by atoms with Crippen LogP contribution >= 0.6 is 11.8 Å². The highest BCUT2D eigenvalue weighted by atomic mass is 32.2. The molecule has 0 aromatic heterocycles. The maximum absolute atomic E-state index is 12.1. The fraction of sp³-hybridized carbons (Fsp3) is 0.353. The van der Waals surface area contributed by atoms with E-state index in [9.17, 15) is 24.0 Å². The largest absolute Gasteiger partial charge is 0.481 e. The highest BCUT2D eigenvalue weighted by molar-refractivity contribution is 8.00. The molecule has 1 heterocycles. The van der Waals surface area contributed by atoms with Gasteiger partial charge in [-0.2, -0.15) is 0 Å². The number of hydrogen-bond acceptors (Lipinski definition) is 6. The first kappa shape index (κ1) is 20.4. The van der Waals surface area contributed by atoms with Gasteiger partial charge in [-0.25, -0.2) is 4.79 Å². The number of carboxylic acids is 2. The van der Waals surface area contributed by atoms with Crippen molar-refractivity contribution in [1.82, 2.24) is 10.6 Å². The minimum absolute atomic E-state index is 0.0984. The summed E-state index contributed by atoms with van der Waals surface area (Å²) in [5.41, 5.74) is 0.785. The normalized spacial score (nSPS) is 19.3. The fourth-order valence-corrected chi connectivity index (χ4v) is 3.76. The van der Waals surface area contributed by atoms with Gasteiger partial charge in [0, 0.05) is 11.7 Å².